The van der Waals surface area contributed by atoms with Crippen molar-refractivity contribution in [1.29, 1.82) is 0 Å². The predicted octanol–water partition coefficient (Wildman–Crippen LogP) is 6.13. The van der Waals surface area contributed by atoms with Crippen molar-refractivity contribution in [3.63, 3.8) is 0 Å². The molecule has 39 heavy (non-hydrogen) atoms. The van der Waals surface area contributed by atoms with Crippen LogP contribution in [0.1, 0.15) is 36.7 Å². The molecule has 0 heterocycles. The molecular formula is C27H29BrN4O7. The zero-order valence-corrected chi connectivity index (χ0v) is 23.3. The number of carbonyl (C=O) groups excluding carboxylic acids is 2. The van der Waals surface area contributed by atoms with Crippen LogP contribution >= 0.6 is 15.9 Å². The Kier molecular flexibility index (Phi) is 10.5. The van der Waals surface area contributed by atoms with Gasteiger partial charge in [0.2, 0.25) is 0 Å². The summed E-state index contributed by atoms with van der Waals surface area (Å²) in [6.45, 7) is 6.15. The van der Waals surface area contributed by atoms with Crippen molar-refractivity contribution < 1.29 is 28.7 Å². The third-order valence-corrected chi connectivity index (χ3v) is 5.79. The van der Waals surface area contributed by atoms with Crippen LogP contribution in [0, 0.1) is 10.1 Å². The van der Waals surface area contributed by atoms with Crippen LogP contribution in [0.3, 0.4) is 0 Å². The molecule has 3 rings (SSSR count). The zero-order valence-electron chi connectivity index (χ0n) is 21.7. The quantitative estimate of drug-likeness (QED) is 0.168. The van der Waals surface area contributed by atoms with Gasteiger partial charge in [-0.15, -0.1) is 0 Å². The second-order valence-electron chi connectivity index (χ2n) is 7.96. The van der Waals surface area contributed by atoms with Gasteiger partial charge < -0.3 is 30.2 Å². The van der Waals surface area contributed by atoms with Crippen LogP contribution in [0.4, 0.5) is 21.9 Å². The molecule has 0 spiro atoms. The van der Waals surface area contributed by atoms with Crippen molar-refractivity contribution in [3.8, 4) is 17.2 Å². The zero-order chi connectivity index (χ0) is 28.4. The molecule has 11 nitrogen and oxygen atoms in total. The van der Waals surface area contributed by atoms with Crippen LogP contribution in [0.15, 0.2) is 59.1 Å². The Labute approximate surface area is 234 Å². The highest BCUT2D eigenvalue weighted by atomic mass is 79.9. The van der Waals surface area contributed by atoms with E-state index in [0.717, 1.165) is 4.47 Å². The second-order valence-corrected chi connectivity index (χ2v) is 8.88. The fourth-order valence-electron chi connectivity index (χ4n) is 3.58. The first-order valence-corrected chi connectivity index (χ1v) is 13.0. The summed E-state index contributed by atoms with van der Waals surface area (Å²) in [7, 11) is 0. The monoisotopic (exact) mass is 600 g/mol. The van der Waals surface area contributed by atoms with Crippen molar-refractivity contribution in [2.75, 3.05) is 30.5 Å². The maximum atomic E-state index is 13.0. The van der Waals surface area contributed by atoms with Gasteiger partial charge in [-0.05, 0) is 69.3 Å². The SMILES string of the molecule is CCOc1cc([N+](=O)[O-])c(OCC)cc1CNC(=O)Nc1ccc(OCC)c(C(=O)Nc2ccc(Br)cc2)c1. The van der Waals surface area contributed by atoms with Gasteiger partial charge in [0.1, 0.15) is 11.5 Å². The van der Waals surface area contributed by atoms with E-state index in [1.165, 1.54) is 18.2 Å². The van der Waals surface area contributed by atoms with Gasteiger partial charge in [-0.2, -0.15) is 0 Å². The van der Waals surface area contributed by atoms with E-state index in [2.05, 4.69) is 31.9 Å². The maximum absolute atomic E-state index is 13.0. The number of carbonyl (C=O) groups is 2. The van der Waals surface area contributed by atoms with Crippen LogP contribution in [0.5, 0.6) is 17.2 Å². The molecule has 3 aromatic carbocycles. The number of nitrogens with one attached hydrogen (secondary N) is 3. The lowest BCUT2D eigenvalue weighted by Gasteiger charge is -2.15. The number of nitrogens with zero attached hydrogens (tertiary/aromatic N) is 1. The first kappa shape index (κ1) is 29.2. The molecule has 0 radical (unpaired) electrons. The van der Waals surface area contributed by atoms with E-state index in [0.29, 0.717) is 29.3 Å². The van der Waals surface area contributed by atoms with Gasteiger partial charge in [-0.3, -0.25) is 14.9 Å². The molecule has 0 aliphatic heterocycles. The number of ether oxygens (including phenoxy) is 3. The standard InChI is InChI=1S/C27H29BrN4O7/c1-4-37-23-12-11-20(14-21(23)26(33)30-19-9-7-18(28)8-10-19)31-27(34)29-16-17-13-25(39-6-3)22(32(35)36)15-24(17)38-5-2/h7-15H,4-6,16H2,1-3H3,(H,30,33)(H2,29,31,34). The molecule has 0 aliphatic carbocycles. The molecule has 206 valence electrons. The summed E-state index contributed by atoms with van der Waals surface area (Å²) in [6.07, 6.45) is 0. The van der Waals surface area contributed by atoms with Gasteiger partial charge in [0.25, 0.3) is 5.91 Å². The molecule has 0 aromatic heterocycles. The van der Waals surface area contributed by atoms with Crippen molar-refractivity contribution in [2.24, 2.45) is 0 Å². The van der Waals surface area contributed by atoms with Gasteiger partial charge in [-0.1, -0.05) is 15.9 Å². The summed E-state index contributed by atoms with van der Waals surface area (Å²) < 4.78 is 17.4. The Morgan fingerprint density at radius 1 is 0.821 bits per heavy atom. The molecule has 0 saturated carbocycles. The Hall–Kier alpha value is -4.32. The molecule has 0 fully saturated rings. The number of rotatable bonds is 12. The lowest BCUT2D eigenvalue weighted by Crippen LogP contribution is -2.28. The maximum Gasteiger partial charge on any atom is 0.319 e. The Morgan fingerprint density at radius 2 is 1.44 bits per heavy atom. The summed E-state index contributed by atoms with van der Waals surface area (Å²) >= 11 is 3.36. The number of halogens is 1. The average Bonchev–Trinajstić information content (AvgIpc) is 2.90. The summed E-state index contributed by atoms with van der Waals surface area (Å²) in [6, 6.07) is 14.1. The Balaban J connectivity index is 1.76. The van der Waals surface area contributed by atoms with Gasteiger partial charge in [0.05, 0.1) is 36.4 Å². The summed E-state index contributed by atoms with van der Waals surface area (Å²) in [5.74, 6) is 0.311. The minimum atomic E-state index is -0.558. The third kappa shape index (κ3) is 8.08. The van der Waals surface area contributed by atoms with Crippen molar-refractivity contribution in [2.45, 2.75) is 27.3 Å². The first-order valence-electron chi connectivity index (χ1n) is 12.2. The predicted molar refractivity (Wildman–Crippen MR) is 151 cm³/mol. The minimum Gasteiger partial charge on any atom is -0.493 e. The van der Waals surface area contributed by atoms with E-state index in [9.17, 15) is 19.7 Å². The number of amides is 3. The van der Waals surface area contributed by atoms with E-state index in [1.807, 2.05) is 6.92 Å². The smallest absolute Gasteiger partial charge is 0.319 e. The van der Waals surface area contributed by atoms with Crippen molar-refractivity contribution in [3.05, 3.63) is 80.3 Å². The summed E-state index contributed by atoms with van der Waals surface area (Å²) in [5.41, 5.74) is 1.48. The van der Waals surface area contributed by atoms with Crippen LogP contribution in [-0.2, 0) is 6.54 Å². The molecule has 0 saturated heterocycles. The van der Waals surface area contributed by atoms with Crippen LogP contribution in [0.2, 0.25) is 0 Å². The average molecular weight is 601 g/mol. The largest absolute Gasteiger partial charge is 0.493 e. The Morgan fingerprint density at radius 3 is 2.08 bits per heavy atom. The normalized spacial score (nSPS) is 10.4. The highest BCUT2D eigenvalue weighted by Gasteiger charge is 2.21. The van der Waals surface area contributed by atoms with E-state index in [-0.39, 0.29) is 42.5 Å². The van der Waals surface area contributed by atoms with E-state index in [1.54, 1.807) is 50.2 Å². The fourth-order valence-corrected chi connectivity index (χ4v) is 3.85. The topological polar surface area (TPSA) is 141 Å². The van der Waals surface area contributed by atoms with Gasteiger partial charge in [0, 0.05) is 28.0 Å². The summed E-state index contributed by atoms with van der Waals surface area (Å²) in [4.78, 5) is 36.6. The fraction of sp³-hybridized carbons (Fsp3) is 0.259. The molecule has 12 heteroatoms. The van der Waals surface area contributed by atoms with Crippen LogP contribution < -0.4 is 30.2 Å². The van der Waals surface area contributed by atoms with E-state index in [4.69, 9.17) is 14.2 Å². The van der Waals surface area contributed by atoms with Gasteiger partial charge >= 0.3 is 11.7 Å². The number of benzene rings is 3. The molecule has 0 aliphatic rings. The van der Waals surface area contributed by atoms with E-state index < -0.39 is 16.9 Å². The van der Waals surface area contributed by atoms with Crippen LogP contribution in [-0.4, -0.2) is 36.7 Å². The van der Waals surface area contributed by atoms with Crippen LogP contribution in [0.25, 0.3) is 0 Å². The molecular weight excluding hydrogens is 572 g/mol. The highest BCUT2D eigenvalue weighted by Crippen LogP contribution is 2.35. The number of hydrogen-bond acceptors (Lipinski definition) is 7. The molecule has 0 unspecified atom stereocenters. The lowest BCUT2D eigenvalue weighted by atomic mass is 10.1. The van der Waals surface area contributed by atoms with Gasteiger partial charge in [0.15, 0.2) is 5.75 Å². The highest BCUT2D eigenvalue weighted by molar-refractivity contribution is 9.10. The minimum absolute atomic E-state index is 0.00712. The third-order valence-electron chi connectivity index (χ3n) is 5.26. The number of nitro groups is 1. The number of anilines is 2. The van der Waals surface area contributed by atoms with Crippen molar-refractivity contribution >= 4 is 44.9 Å². The lowest BCUT2D eigenvalue weighted by molar-refractivity contribution is -0.385. The number of urea groups is 1. The molecule has 0 atom stereocenters. The first-order chi connectivity index (χ1) is 18.7. The number of nitro benzene ring substituents is 1. The number of hydrogen-bond donors (Lipinski definition) is 3. The molecule has 3 aromatic rings. The second kappa shape index (κ2) is 14.0. The molecule has 3 amide bonds. The Bertz CT molecular complexity index is 1330. The van der Waals surface area contributed by atoms with Crippen molar-refractivity contribution in [1.82, 2.24) is 5.32 Å². The molecule has 3 N–H and O–H groups in total. The van der Waals surface area contributed by atoms with Gasteiger partial charge in [-0.25, -0.2) is 4.79 Å². The summed E-state index contributed by atoms with van der Waals surface area (Å²) in [5, 5.41) is 19.7. The molecule has 0 bridgehead atoms. The van der Waals surface area contributed by atoms with E-state index >= 15 is 0 Å².